The summed E-state index contributed by atoms with van der Waals surface area (Å²) in [5, 5.41) is 14.5. The van der Waals surface area contributed by atoms with Crippen molar-refractivity contribution in [1.29, 1.82) is 0 Å². The van der Waals surface area contributed by atoms with E-state index in [1.165, 1.54) is 12.1 Å². The molecule has 0 saturated carbocycles. The third-order valence-corrected chi connectivity index (χ3v) is 2.20. The zero-order valence-electron chi connectivity index (χ0n) is 9.41. The fourth-order valence-corrected chi connectivity index (χ4v) is 1.31. The van der Waals surface area contributed by atoms with Gasteiger partial charge >= 0.3 is 0 Å². The number of carbonyl (C=O) groups excluding carboxylic acids is 1. The summed E-state index contributed by atoms with van der Waals surface area (Å²) in [4.78, 5) is 14.6. The van der Waals surface area contributed by atoms with Gasteiger partial charge in [0, 0.05) is 6.20 Å². The predicted octanol–water partition coefficient (Wildman–Crippen LogP) is 0.891. The molecule has 5 heteroatoms. The molecule has 0 aliphatic heterocycles. The zero-order chi connectivity index (χ0) is 12.8. The summed E-state index contributed by atoms with van der Waals surface area (Å²) in [6.45, 7) is 0. The van der Waals surface area contributed by atoms with Crippen LogP contribution in [-0.4, -0.2) is 17.2 Å². The standard InChI is InChI=1S/C13H11N3O2/c17-13(18)10-4-6-11(7-5-10)16-15-9-12-3-1-2-8-14-12/h1-9,16H,(H,17,18)/p-1/b15-9-. The van der Waals surface area contributed by atoms with Gasteiger partial charge in [-0.2, -0.15) is 5.10 Å². The smallest absolute Gasteiger partial charge is 0.0830 e. The molecular weight excluding hydrogens is 230 g/mol. The summed E-state index contributed by atoms with van der Waals surface area (Å²) in [7, 11) is 0. The molecular formula is C13H10N3O2-. The quantitative estimate of drug-likeness (QED) is 0.636. The lowest BCUT2D eigenvalue weighted by atomic mass is 10.2. The summed E-state index contributed by atoms with van der Waals surface area (Å²) in [6.07, 6.45) is 3.25. The number of aromatic nitrogens is 1. The van der Waals surface area contributed by atoms with Crippen LogP contribution in [0.25, 0.3) is 0 Å². The van der Waals surface area contributed by atoms with E-state index < -0.39 is 5.97 Å². The summed E-state index contributed by atoms with van der Waals surface area (Å²) >= 11 is 0. The van der Waals surface area contributed by atoms with Gasteiger partial charge in [0.25, 0.3) is 0 Å². The highest BCUT2D eigenvalue weighted by atomic mass is 16.4. The molecule has 0 bridgehead atoms. The maximum atomic E-state index is 10.5. The number of anilines is 1. The molecule has 1 N–H and O–H groups in total. The third kappa shape index (κ3) is 3.15. The molecule has 90 valence electrons. The van der Waals surface area contributed by atoms with Gasteiger partial charge < -0.3 is 9.90 Å². The second-order valence-corrected chi connectivity index (χ2v) is 3.49. The average Bonchev–Trinajstić information content (AvgIpc) is 2.40. The minimum Gasteiger partial charge on any atom is -0.545 e. The highest BCUT2D eigenvalue weighted by Crippen LogP contribution is 2.08. The average molecular weight is 240 g/mol. The molecule has 0 spiro atoms. The number of nitrogens with one attached hydrogen (secondary N) is 1. The van der Waals surface area contributed by atoms with Gasteiger partial charge in [-0.05, 0) is 29.8 Å². The molecule has 0 amide bonds. The number of hydrogen-bond acceptors (Lipinski definition) is 5. The molecule has 0 atom stereocenters. The second kappa shape index (κ2) is 5.58. The molecule has 0 aliphatic rings. The summed E-state index contributed by atoms with van der Waals surface area (Å²) in [6, 6.07) is 11.6. The number of hydrazone groups is 1. The molecule has 0 radical (unpaired) electrons. The highest BCUT2D eigenvalue weighted by molar-refractivity contribution is 5.86. The Labute approximate surface area is 104 Å². The van der Waals surface area contributed by atoms with E-state index in [2.05, 4.69) is 15.5 Å². The van der Waals surface area contributed by atoms with Crippen LogP contribution in [0.15, 0.2) is 53.8 Å². The van der Waals surface area contributed by atoms with Gasteiger partial charge in [-0.1, -0.05) is 18.2 Å². The van der Waals surface area contributed by atoms with Crippen LogP contribution in [0.3, 0.4) is 0 Å². The Morgan fingerprint density at radius 3 is 2.61 bits per heavy atom. The first-order valence-electron chi connectivity index (χ1n) is 5.27. The lowest BCUT2D eigenvalue weighted by molar-refractivity contribution is -0.255. The highest BCUT2D eigenvalue weighted by Gasteiger charge is 1.93. The number of nitrogens with zero attached hydrogens (tertiary/aromatic N) is 2. The molecule has 0 saturated heterocycles. The second-order valence-electron chi connectivity index (χ2n) is 3.49. The Balaban J connectivity index is 1.98. The molecule has 5 nitrogen and oxygen atoms in total. The molecule has 1 heterocycles. The van der Waals surface area contributed by atoms with E-state index >= 15 is 0 Å². The summed E-state index contributed by atoms with van der Waals surface area (Å²) < 4.78 is 0. The molecule has 1 aromatic heterocycles. The fraction of sp³-hybridized carbons (Fsp3) is 0. The zero-order valence-corrected chi connectivity index (χ0v) is 9.41. The lowest BCUT2D eigenvalue weighted by Gasteiger charge is -2.03. The van der Waals surface area contributed by atoms with Crippen LogP contribution in [0.1, 0.15) is 16.1 Å². The first-order chi connectivity index (χ1) is 8.75. The Hall–Kier alpha value is -2.69. The van der Waals surface area contributed by atoms with Crippen molar-refractivity contribution in [2.75, 3.05) is 5.43 Å². The number of aromatic carboxylic acids is 1. The first kappa shape index (κ1) is 11.8. The van der Waals surface area contributed by atoms with Gasteiger partial charge in [-0.3, -0.25) is 10.4 Å². The minimum atomic E-state index is -1.20. The van der Waals surface area contributed by atoms with Gasteiger partial charge in [0.2, 0.25) is 0 Å². The Kier molecular flexibility index (Phi) is 3.66. The van der Waals surface area contributed by atoms with E-state index in [0.717, 1.165) is 5.69 Å². The van der Waals surface area contributed by atoms with Crippen LogP contribution >= 0.6 is 0 Å². The van der Waals surface area contributed by atoms with Crippen molar-refractivity contribution >= 4 is 17.9 Å². The number of benzene rings is 1. The van der Waals surface area contributed by atoms with Crippen LogP contribution in [0.2, 0.25) is 0 Å². The first-order valence-corrected chi connectivity index (χ1v) is 5.27. The van der Waals surface area contributed by atoms with Crippen LogP contribution in [-0.2, 0) is 0 Å². The third-order valence-electron chi connectivity index (χ3n) is 2.20. The monoisotopic (exact) mass is 240 g/mol. The van der Waals surface area contributed by atoms with Crippen molar-refractivity contribution in [3.05, 3.63) is 59.9 Å². The van der Waals surface area contributed by atoms with E-state index in [4.69, 9.17) is 0 Å². The van der Waals surface area contributed by atoms with Gasteiger partial charge in [-0.15, -0.1) is 0 Å². The number of pyridine rings is 1. The minimum absolute atomic E-state index is 0.134. The Morgan fingerprint density at radius 1 is 1.22 bits per heavy atom. The lowest BCUT2D eigenvalue weighted by Crippen LogP contribution is -2.21. The fourth-order valence-electron chi connectivity index (χ4n) is 1.31. The van der Waals surface area contributed by atoms with Crippen LogP contribution in [0, 0.1) is 0 Å². The molecule has 0 aliphatic carbocycles. The van der Waals surface area contributed by atoms with Gasteiger partial charge in [0.15, 0.2) is 0 Å². The van der Waals surface area contributed by atoms with Crippen LogP contribution in [0.5, 0.6) is 0 Å². The van der Waals surface area contributed by atoms with E-state index in [-0.39, 0.29) is 5.56 Å². The van der Waals surface area contributed by atoms with Gasteiger partial charge in [-0.25, -0.2) is 0 Å². The number of rotatable bonds is 4. The van der Waals surface area contributed by atoms with E-state index in [0.29, 0.717) is 5.69 Å². The number of hydrogen-bond donors (Lipinski definition) is 1. The van der Waals surface area contributed by atoms with E-state index in [1.54, 1.807) is 24.5 Å². The van der Waals surface area contributed by atoms with Crippen molar-refractivity contribution in [2.24, 2.45) is 5.10 Å². The maximum absolute atomic E-state index is 10.5. The predicted molar refractivity (Wildman–Crippen MR) is 66.2 cm³/mol. The van der Waals surface area contributed by atoms with Crippen molar-refractivity contribution < 1.29 is 9.90 Å². The van der Waals surface area contributed by atoms with Crippen molar-refractivity contribution in [3.8, 4) is 0 Å². The Bertz CT molecular complexity index is 550. The summed E-state index contributed by atoms with van der Waals surface area (Å²) in [5.74, 6) is -1.20. The maximum Gasteiger partial charge on any atom is 0.0830 e. The molecule has 2 rings (SSSR count). The van der Waals surface area contributed by atoms with Crippen LogP contribution in [0.4, 0.5) is 5.69 Å². The largest absolute Gasteiger partial charge is 0.545 e. The molecule has 2 aromatic rings. The van der Waals surface area contributed by atoms with Crippen molar-refractivity contribution in [3.63, 3.8) is 0 Å². The number of carbonyl (C=O) groups is 1. The van der Waals surface area contributed by atoms with Crippen molar-refractivity contribution in [2.45, 2.75) is 0 Å². The molecule has 0 fully saturated rings. The van der Waals surface area contributed by atoms with Crippen molar-refractivity contribution in [1.82, 2.24) is 4.98 Å². The number of carboxylic acid groups (broad SMARTS) is 1. The Morgan fingerprint density at radius 2 is 2.00 bits per heavy atom. The van der Waals surface area contributed by atoms with Gasteiger partial charge in [0.1, 0.15) is 0 Å². The molecule has 0 unspecified atom stereocenters. The van der Waals surface area contributed by atoms with Gasteiger partial charge in [0.05, 0.1) is 23.6 Å². The topological polar surface area (TPSA) is 77.4 Å². The normalized spacial score (nSPS) is 10.4. The summed E-state index contributed by atoms with van der Waals surface area (Å²) in [5.41, 5.74) is 4.33. The SMILES string of the molecule is O=C([O-])c1ccc(N/N=C\c2ccccn2)cc1. The molecule has 18 heavy (non-hydrogen) atoms. The van der Waals surface area contributed by atoms with E-state index in [9.17, 15) is 9.90 Å². The van der Waals surface area contributed by atoms with Crippen LogP contribution < -0.4 is 10.5 Å². The van der Waals surface area contributed by atoms with E-state index in [1.807, 2.05) is 18.2 Å². The molecule has 1 aromatic carbocycles. The number of carboxylic acids is 1.